The molecule has 0 spiro atoms. The summed E-state index contributed by atoms with van der Waals surface area (Å²) in [7, 11) is 2.07. The molecule has 0 N–H and O–H groups in total. The van der Waals surface area contributed by atoms with Gasteiger partial charge >= 0.3 is 0 Å². The van der Waals surface area contributed by atoms with Crippen LogP contribution < -0.4 is 0 Å². The van der Waals surface area contributed by atoms with Crippen LogP contribution in [0.15, 0.2) is 67.0 Å². The number of pyridine rings is 1. The highest BCUT2D eigenvalue weighted by molar-refractivity contribution is 5.86. The minimum Gasteiger partial charge on any atom is -0.379 e. The molecule has 1 aromatic heterocycles. The SMILES string of the molecule is CN1CCOC(Cc2ccccc2)(C(=O)N2CCOCC(Cc3cccc4ccncc34)C2)C1. The van der Waals surface area contributed by atoms with Crippen molar-refractivity contribution in [3.63, 3.8) is 0 Å². The van der Waals surface area contributed by atoms with Gasteiger partial charge in [-0.1, -0.05) is 48.5 Å². The second kappa shape index (κ2) is 10.2. The van der Waals surface area contributed by atoms with E-state index in [-0.39, 0.29) is 11.8 Å². The van der Waals surface area contributed by atoms with E-state index < -0.39 is 5.60 Å². The second-order valence-electron chi connectivity index (χ2n) is 9.65. The lowest BCUT2D eigenvalue weighted by Gasteiger charge is -2.43. The number of aromatic nitrogens is 1. The van der Waals surface area contributed by atoms with Crippen LogP contribution in [0, 0.1) is 5.92 Å². The molecule has 2 fully saturated rings. The highest BCUT2D eigenvalue weighted by Gasteiger charge is 2.46. The number of carbonyl (C=O) groups is 1. The van der Waals surface area contributed by atoms with Gasteiger partial charge in [0.05, 0.1) is 19.8 Å². The Kier molecular flexibility index (Phi) is 6.90. The normalized spacial score (nSPS) is 24.1. The Labute approximate surface area is 201 Å². The van der Waals surface area contributed by atoms with Crippen molar-refractivity contribution in [1.29, 1.82) is 0 Å². The van der Waals surface area contributed by atoms with Crippen LogP contribution in [0.5, 0.6) is 0 Å². The van der Waals surface area contributed by atoms with Crippen molar-refractivity contribution in [2.45, 2.75) is 18.4 Å². The summed E-state index contributed by atoms with van der Waals surface area (Å²) in [6.45, 7) is 4.45. The van der Waals surface area contributed by atoms with E-state index in [9.17, 15) is 4.79 Å². The Hall–Kier alpha value is -2.80. The van der Waals surface area contributed by atoms with Gasteiger partial charge in [-0.05, 0) is 36.0 Å². The predicted octanol–water partition coefficient (Wildman–Crippen LogP) is 3.20. The lowest BCUT2D eigenvalue weighted by Crippen LogP contribution is -2.61. The summed E-state index contributed by atoms with van der Waals surface area (Å²) >= 11 is 0. The molecule has 178 valence electrons. The van der Waals surface area contributed by atoms with Gasteiger partial charge in [0, 0.05) is 56.3 Å². The topological polar surface area (TPSA) is 54.9 Å². The molecule has 2 unspecified atom stereocenters. The fourth-order valence-electron chi connectivity index (χ4n) is 5.34. The third-order valence-corrected chi connectivity index (χ3v) is 7.01. The molecule has 0 bridgehead atoms. The maximum Gasteiger partial charge on any atom is 0.256 e. The number of morpholine rings is 1. The molecule has 6 nitrogen and oxygen atoms in total. The van der Waals surface area contributed by atoms with Crippen molar-refractivity contribution in [1.82, 2.24) is 14.8 Å². The van der Waals surface area contributed by atoms with E-state index in [1.807, 2.05) is 41.6 Å². The van der Waals surface area contributed by atoms with Crippen molar-refractivity contribution in [2.24, 2.45) is 5.92 Å². The zero-order valence-electron chi connectivity index (χ0n) is 19.9. The zero-order chi connectivity index (χ0) is 23.4. The number of hydrogen-bond acceptors (Lipinski definition) is 5. The van der Waals surface area contributed by atoms with Crippen LogP contribution in [0.4, 0.5) is 0 Å². The Balaban J connectivity index is 1.38. The van der Waals surface area contributed by atoms with Gasteiger partial charge in [-0.3, -0.25) is 9.78 Å². The van der Waals surface area contributed by atoms with Gasteiger partial charge in [-0.25, -0.2) is 0 Å². The molecular weight excluding hydrogens is 426 g/mol. The Morgan fingerprint density at radius 1 is 1.09 bits per heavy atom. The van der Waals surface area contributed by atoms with E-state index in [4.69, 9.17) is 9.47 Å². The zero-order valence-corrected chi connectivity index (χ0v) is 19.9. The van der Waals surface area contributed by atoms with Crippen LogP contribution in [0.2, 0.25) is 0 Å². The maximum atomic E-state index is 14.1. The van der Waals surface area contributed by atoms with Crippen molar-refractivity contribution < 1.29 is 14.3 Å². The van der Waals surface area contributed by atoms with E-state index in [1.165, 1.54) is 16.3 Å². The molecule has 0 radical (unpaired) electrons. The monoisotopic (exact) mass is 459 g/mol. The van der Waals surface area contributed by atoms with Crippen LogP contribution >= 0.6 is 0 Å². The lowest BCUT2D eigenvalue weighted by molar-refractivity contribution is -0.170. The van der Waals surface area contributed by atoms with Crippen molar-refractivity contribution >= 4 is 16.7 Å². The summed E-state index contributed by atoms with van der Waals surface area (Å²) in [5.74, 6) is 0.297. The number of nitrogens with zero attached hydrogens (tertiary/aromatic N) is 3. The standard InChI is InChI=1S/C28H33N3O3/c1-30-12-15-34-28(21-30,17-22-6-3-2-4-7-22)27(32)31-13-14-33-20-23(19-31)16-25-9-5-8-24-10-11-29-18-26(24)25/h2-11,18,23H,12-17,19-21H2,1H3. The summed E-state index contributed by atoms with van der Waals surface area (Å²) in [4.78, 5) is 22.6. The Morgan fingerprint density at radius 3 is 2.82 bits per heavy atom. The molecule has 2 aliphatic rings. The number of hydrogen-bond donors (Lipinski definition) is 0. The van der Waals surface area contributed by atoms with Crippen molar-refractivity contribution in [2.75, 3.05) is 53.0 Å². The molecule has 3 heterocycles. The summed E-state index contributed by atoms with van der Waals surface area (Å²) in [5.41, 5.74) is 1.50. The largest absolute Gasteiger partial charge is 0.379 e. The highest BCUT2D eigenvalue weighted by Crippen LogP contribution is 2.28. The molecule has 2 atom stereocenters. The first-order valence-electron chi connectivity index (χ1n) is 12.2. The number of carbonyl (C=O) groups excluding carboxylic acids is 1. The highest BCUT2D eigenvalue weighted by atomic mass is 16.5. The first-order chi connectivity index (χ1) is 16.6. The fourth-order valence-corrected chi connectivity index (χ4v) is 5.34. The lowest BCUT2D eigenvalue weighted by atomic mass is 9.90. The summed E-state index contributed by atoms with van der Waals surface area (Å²) in [6.07, 6.45) is 5.19. The quantitative estimate of drug-likeness (QED) is 0.587. The van der Waals surface area contributed by atoms with E-state index in [0.717, 1.165) is 18.5 Å². The van der Waals surface area contributed by atoms with E-state index >= 15 is 0 Å². The third-order valence-electron chi connectivity index (χ3n) is 7.01. The molecule has 6 heteroatoms. The van der Waals surface area contributed by atoms with Gasteiger partial charge < -0.3 is 19.3 Å². The molecule has 0 saturated carbocycles. The van der Waals surface area contributed by atoms with Gasteiger partial charge in [0.2, 0.25) is 0 Å². The number of benzene rings is 2. The molecule has 3 aromatic rings. The average Bonchev–Trinajstić information content (AvgIpc) is 3.10. The Bertz CT molecular complexity index is 1120. The van der Waals surface area contributed by atoms with Crippen LogP contribution in [-0.2, 0) is 27.1 Å². The van der Waals surface area contributed by atoms with Gasteiger partial charge in [0.25, 0.3) is 5.91 Å². The van der Waals surface area contributed by atoms with E-state index in [2.05, 4.69) is 47.3 Å². The van der Waals surface area contributed by atoms with E-state index in [1.54, 1.807) is 0 Å². The molecule has 34 heavy (non-hydrogen) atoms. The number of rotatable bonds is 5. The molecule has 1 amide bonds. The fraction of sp³-hybridized carbons (Fsp3) is 0.429. The van der Waals surface area contributed by atoms with Crippen molar-refractivity contribution in [3.05, 3.63) is 78.1 Å². The van der Waals surface area contributed by atoms with E-state index in [0.29, 0.717) is 45.9 Å². The molecule has 2 aliphatic heterocycles. The smallest absolute Gasteiger partial charge is 0.256 e. The first-order valence-corrected chi connectivity index (χ1v) is 12.2. The molecule has 0 aliphatic carbocycles. The summed E-state index contributed by atoms with van der Waals surface area (Å²) in [6, 6.07) is 18.6. The predicted molar refractivity (Wildman–Crippen MR) is 133 cm³/mol. The van der Waals surface area contributed by atoms with Gasteiger partial charge in [-0.15, -0.1) is 0 Å². The van der Waals surface area contributed by atoms with Gasteiger partial charge in [-0.2, -0.15) is 0 Å². The molecule has 5 rings (SSSR count). The van der Waals surface area contributed by atoms with Crippen molar-refractivity contribution in [3.8, 4) is 0 Å². The Morgan fingerprint density at radius 2 is 1.97 bits per heavy atom. The molecular formula is C28H33N3O3. The number of likely N-dealkylation sites (N-methyl/N-ethyl adjacent to an activating group) is 1. The molecule has 2 saturated heterocycles. The number of fused-ring (bicyclic) bond motifs is 1. The van der Waals surface area contributed by atoms with Gasteiger partial charge in [0.15, 0.2) is 5.60 Å². The van der Waals surface area contributed by atoms with Crippen LogP contribution in [-0.4, -0.2) is 79.3 Å². The van der Waals surface area contributed by atoms with Crippen LogP contribution in [0.1, 0.15) is 11.1 Å². The third kappa shape index (κ3) is 4.99. The summed E-state index contributed by atoms with van der Waals surface area (Å²) in [5, 5.41) is 2.36. The number of ether oxygens (including phenoxy) is 2. The van der Waals surface area contributed by atoms with Crippen LogP contribution in [0.25, 0.3) is 10.8 Å². The van der Waals surface area contributed by atoms with Gasteiger partial charge in [0.1, 0.15) is 0 Å². The first kappa shape index (κ1) is 23.0. The maximum absolute atomic E-state index is 14.1. The minimum absolute atomic E-state index is 0.0815. The molecule has 2 aromatic carbocycles. The number of amides is 1. The minimum atomic E-state index is -0.868. The summed E-state index contributed by atoms with van der Waals surface area (Å²) < 4.78 is 12.3. The van der Waals surface area contributed by atoms with Crippen LogP contribution in [0.3, 0.4) is 0 Å². The second-order valence-corrected chi connectivity index (χ2v) is 9.65. The average molecular weight is 460 g/mol.